The first kappa shape index (κ1) is 38.9. The maximum atomic E-state index is 9.54. The number of furan rings is 2. The number of fused-ring (bicyclic) bond motifs is 8. The average molecular weight is 865 g/mol. The van der Waals surface area contributed by atoms with Gasteiger partial charge in [-0.15, -0.1) is 0 Å². The van der Waals surface area contributed by atoms with E-state index >= 15 is 0 Å². The Kier molecular flexibility index (Phi) is 8.93. The molecule has 0 saturated heterocycles. The van der Waals surface area contributed by atoms with Crippen LogP contribution in [0.2, 0.25) is 0 Å². The number of nitrogens with zero attached hydrogens (tertiary/aromatic N) is 2. The van der Waals surface area contributed by atoms with E-state index in [1.807, 2.05) is 36.4 Å². The van der Waals surface area contributed by atoms with E-state index in [1.54, 1.807) is 12.1 Å². The van der Waals surface area contributed by atoms with Crippen molar-refractivity contribution in [1.29, 1.82) is 10.5 Å². The van der Waals surface area contributed by atoms with Crippen LogP contribution in [0.4, 0.5) is 0 Å². The van der Waals surface area contributed by atoms with Gasteiger partial charge in [0.1, 0.15) is 22.3 Å². The zero-order valence-electron chi connectivity index (χ0n) is 36.5. The molecule has 0 aliphatic carbocycles. The Morgan fingerprint density at radius 3 is 0.882 bits per heavy atom. The van der Waals surface area contributed by atoms with Gasteiger partial charge in [-0.2, -0.15) is 10.5 Å². The van der Waals surface area contributed by atoms with Crippen LogP contribution in [-0.4, -0.2) is 0 Å². The Bertz CT molecular complexity index is 3970. The van der Waals surface area contributed by atoms with Crippen LogP contribution >= 0.6 is 0 Å². The molecule has 0 radical (unpaired) electrons. The second-order valence-corrected chi connectivity index (χ2v) is 17.4. The minimum Gasteiger partial charge on any atom is -0.456 e. The van der Waals surface area contributed by atoms with Crippen LogP contribution < -0.4 is 0 Å². The van der Waals surface area contributed by atoms with Gasteiger partial charge >= 0.3 is 0 Å². The first-order chi connectivity index (χ1) is 33.6. The highest BCUT2D eigenvalue weighted by atomic mass is 16.3. The van der Waals surface area contributed by atoms with Gasteiger partial charge in [0, 0.05) is 21.5 Å². The number of hydrogen-bond acceptors (Lipinski definition) is 4. The van der Waals surface area contributed by atoms with Crippen molar-refractivity contribution in [2.24, 2.45) is 0 Å². The lowest BCUT2D eigenvalue weighted by Gasteiger charge is -2.20. The molecule has 0 aliphatic heterocycles. The van der Waals surface area contributed by atoms with Gasteiger partial charge in [-0.1, -0.05) is 146 Å². The summed E-state index contributed by atoms with van der Waals surface area (Å²) in [7, 11) is 0. The highest BCUT2D eigenvalue weighted by Crippen LogP contribution is 2.46. The van der Waals surface area contributed by atoms with Crippen molar-refractivity contribution in [1.82, 2.24) is 0 Å². The lowest BCUT2D eigenvalue weighted by molar-refractivity contribution is 0.668. The van der Waals surface area contributed by atoms with Crippen LogP contribution in [0, 0.1) is 22.7 Å². The van der Waals surface area contributed by atoms with Crippen molar-refractivity contribution in [3.8, 4) is 78.9 Å². The Hall–Kier alpha value is -9.48. The third-order valence-electron chi connectivity index (χ3n) is 13.5. The highest BCUT2D eigenvalue weighted by molar-refractivity contribution is 6.22. The summed E-state index contributed by atoms with van der Waals surface area (Å²) in [5.41, 5.74) is 18.1. The Balaban J connectivity index is 0.917. The fourth-order valence-corrected chi connectivity index (χ4v) is 10.2. The molecule has 13 rings (SSSR count). The van der Waals surface area contributed by atoms with Crippen molar-refractivity contribution in [2.45, 2.75) is 0 Å². The zero-order valence-corrected chi connectivity index (χ0v) is 36.5. The van der Waals surface area contributed by atoms with Crippen molar-refractivity contribution in [3.63, 3.8) is 0 Å². The lowest BCUT2D eigenvalue weighted by Crippen LogP contribution is -1.92. The average Bonchev–Trinajstić information content (AvgIpc) is 3.97. The van der Waals surface area contributed by atoms with E-state index in [1.165, 1.54) is 43.8 Å². The molecule has 0 aliphatic rings. The van der Waals surface area contributed by atoms with E-state index < -0.39 is 0 Å². The van der Waals surface area contributed by atoms with E-state index in [0.29, 0.717) is 11.1 Å². The summed E-state index contributed by atoms with van der Waals surface area (Å²) in [6.07, 6.45) is 0. The topological polar surface area (TPSA) is 73.9 Å². The van der Waals surface area contributed by atoms with E-state index in [9.17, 15) is 10.5 Å². The van der Waals surface area contributed by atoms with Gasteiger partial charge in [0.2, 0.25) is 0 Å². The second kappa shape index (κ2) is 15.6. The third kappa shape index (κ3) is 6.44. The quantitative estimate of drug-likeness (QED) is 0.156. The van der Waals surface area contributed by atoms with Crippen LogP contribution in [0.15, 0.2) is 227 Å². The first-order valence-corrected chi connectivity index (χ1v) is 22.7. The maximum Gasteiger partial charge on any atom is 0.135 e. The SMILES string of the molecule is N#Cc1ccc2oc3ccc(-c4ccc(-c5ccc6c(-c7ccccc7)c7cc(-c8ccc(-c9ccc%10oc%11ccc(C#N)cc%11c%10c9)cc8)ccc7c(-c7ccccc7)c6c5)cc4)cc3c2c1. The number of hydrogen-bond donors (Lipinski definition) is 0. The van der Waals surface area contributed by atoms with Crippen LogP contribution in [0.3, 0.4) is 0 Å². The van der Waals surface area contributed by atoms with Crippen LogP contribution in [0.1, 0.15) is 11.1 Å². The Morgan fingerprint density at radius 1 is 0.235 bits per heavy atom. The van der Waals surface area contributed by atoms with E-state index in [2.05, 4.69) is 182 Å². The van der Waals surface area contributed by atoms with Crippen LogP contribution in [0.25, 0.3) is 132 Å². The summed E-state index contributed by atoms with van der Waals surface area (Å²) in [4.78, 5) is 0. The fraction of sp³-hybridized carbons (Fsp3) is 0. The third-order valence-corrected chi connectivity index (χ3v) is 13.5. The molecule has 0 unspecified atom stereocenters. The van der Waals surface area contributed by atoms with Crippen molar-refractivity contribution < 1.29 is 8.83 Å². The first-order valence-electron chi connectivity index (χ1n) is 22.7. The molecule has 0 N–H and O–H groups in total. The minimum atomic E-state index is 0.616. The molecule has 2 aromatic heterocycles. The normalized spacial score (nSPS) is 11.5. The molecule has 2 heterocycles. The molecule has 0 bridgehead atoms. The summed E-state index contributed by atoms with van der Waals surface area (Å²) >= 11 is 0. The van der Waals surface area contributed by atoms with E-state index in [4.69, 9.17) is 8.83 Å². The van der Waals surface area contributed by atoms with Gasteiger partial charge in [-0.05, 0) is 161 Å². The summed E-state index contributed by atoms with van der Waals surface area (Å²) in [6.45, 7) is 0. The Morgan fingerprint density at radius 2 is 0.529 bits per heavy atom. The van der Waals surface area contributed by atoms with Gasteiger partial charge in [0.05, 0.1) is 23.3 Å². The standard InChI is InChI=1S/C64H36N2O2/c65-37-39-11-27-59-53(31-39)55-33-49(23-29-61(55)67-59)43-17-13-41(14-18-43)47-22-26-52-57(35-47)63(45-7-3-1-4-8-45)51-25-21-48(36-58(51)64(52)46-9-5-2-6-10-46)42-15-19-44(20-16-42)50-24-30-62-56(34-50)54-32-40(38-66)12-28-60(54)68-62/h1-36H. The number of rotatable bonds is 6. The molecule has 0 atom stereocenters. The smallest absolute Gasteiger partial charge is 0.135 e. The van der Waals surface area contributed by atoms with Gasteiger partial charge < -0.3 is 8.83 Å². The molecule has 0 fully saturated rings. The Labute approximate surface area is 391 Å². The second-order valence-electron chi connectivity index (χ2n) is 17.4. The lowest BCUT2D eigenvalue weighted by atomic mass is 9.84. The molecule has 314 valence electrons. The van der Waals surface area contributed by atoms with Gasteiger partial charge in [0.15, 0.2) is 0 Å². The van der Waals surface area contributed by atoms with E-state index in [0.717, 1.165) is 88.4 Å². The predicted octanol–water partition coefficient (Wildman–Crippen LogP) is 17.5. The molecule has 0 saturated carbocycles. The van der Waals surface area contributed by atoms with Crippen LogP contribution in [-0.2, 0) is 0 Å². The summed E-state index contributed by atoms with van der Waals surface area (Å²) in [5.74, 6) is 0. The highest BCUT2D eigenvalue weighted by Gasteiger charge is 2.19. The monoisotopic (exact) mass is 864 g/mol. The van der Waals surface area contributed by atoms with Gasteiger partial charge in [-0.25, -0.2) is 0 Å². The fourth-order valence-electron chi connectivity index (χ4n) is 10.2. The maximum absolute atomic E-state index is 9.54. The molecular weight excluding hydrogens is 829 g/mol. The summed E-state index contributed by atoms with van der Waals surface area (Å²) < 4.78 is 12.2. The molecule has 4 nitrogen and oxygen atoms in total. The molecule has 11 aromatic carbocycles. The summed E-state index contributed by atoms with van der Waals surface area (Å²) in [5, 5.41) is 27.8. The number of nitriles is 2. The molecule has 0 amide bonds. The molecule has 13 aromatic rings. The molecule has 0 spiro atoms. The van der Waals surface area contributed by atoms with Gasteiger partial charge in [-0.3, -0.25) is 0 Å². The van der Waals surface area contributed by atoms with E-state index in [-0.39, 0.29) is 0 Å². The molecular formula is C64H36N2O2. The minimum absolute atomic E-state index is 0.616. The summed E-state index contributed by atoms with van der Waals surface area (Å²) in [6, 6.07) is 81.3. The largest absolute Gasteiger partial charge is 0.456 e. The van der Waals surface area contributed by atoms with Crippen molar-refractivity contribution >= 4 is 65.4 Å². The van der Waals surface area contributed by atoms with Crippen LogP contribution in [0.5, 0.6) is 0 Å². The molecule has 68 heavy (non-hydrogen) atoms. The van der Waals surface area contributed by atoms with Gasteiger partial charge in [0.25, 0.3) is 0 Å². The van der Waals surface area contributed by atoms with Crippen molar-refractivity contribution in [3.05, 3.63) is 230 Å². The predicted molar refractivity (Wildman–Crippen MR) is 278 cm³/mol. The molecule has 4 heteroatoms. The zero-order chi connectivity index (χ0) is 45.3. The number of benzene rings is 11. The van der Waals surface area contributed by atoms with Crippen molar-refractivity contribution in [2.75, 3.05) is 0 Å².